The van der Waals surface area contributed by atoms with Gasteiger partial charge in [-0.25, -0.2) is 0 Å². The average Bonchev–Trinajstić information content (AvgIpc) is 2.79. The fraction of sp³-hybridized carbons (Fsp3) is 0.500. The maximum absolute atomic E-state index is 6.45. The van der Waals surface area contributed by atoms with Gasteiger partial charge in [-0.1, -0.05) is 77.6 Å². The summed E-state index contributed by atoms with van der Waals surface area (Å²) in [4.78, 5) is 0. The normalized spacial score (nSPS) is 11.3. The third-order valence-electron chi connectivity index (χ3n) is 6.00. The summed E-state index contributed by atoms with van der Waals surface area (Å²) >= 11 is 0. The molecule has 0 atom stereocenters. The maximum atomic E-state index is 6.45. The SMILES string of the molecule is CCCCCOc1c2ccccc2c(OCCCCC)c2cc(CC)c(CC)cc12. The molecule has 0 aromatic heterocycles. The second kappa shape index (κ2) is 11.2. The quantitative estimate of drug-likeness (QED) is 0.223. The van der Waals surface area contributed by atoms with Gasteiger partial charge in [0.1, 0.15) is 11.5 Å². The van der Waals surface area contributed by atoms with Gasteiger partial charge in [0.2, 0.25) is 0 Å². The van der Waals surface area contributed by atoms with E-state index < -0.39 is 0 Å². The predicted octanol–water partition coefficient (Wildman–Crippen LogP) is 8.26. The molecule has 0 saturated heterocycles. The van der Waals surface area contributed by atoms with Crippen LogP contribution >= 0.6 is 0 Å². The Balaban J connectivity index is 2.18. The zero-order chi connectivity index (χ0) is 21.3. The lowest BCUT2D eigenvalue weighted by Crippen LogP contribution is -2.03. The summed E-state index contributed by atoms with van der Waals surface area (Å²) in [6.45, 7) is 10.5. The molecule has 0 bridgehead atoms. The van der Waals surface area contributed by atoms with Gasteiger partial charge in [0.05, 0.1) is 13.2 Å². The molecule has 3 aromatic carbocycles. The molecule has 3 aromatic rings. The van der Waals surface area contributed by atoms with E-state index in [9.17, 15) is 0 Å². The summed E-state index contributed by atoms with van der Waals surface area (Å²) in [7, 11) is 0. The highest BCUT2D eigenvalue weighted by atomic mass is 16.5. The number of aryl methyl sites for hydroxylation is 2. The number of hydrogen-bond donors (Lipinski definition) is 0. The van der Waals surface area contributed by atoms with Crippen LogP contribution in [-0.2, 0) is 12.8 Å². The van der Waals surface area contributed by atoms with Crippen molar-refractivity contribution in [3.05, 3.63) is 47.5 Å². The summed E-state index contributed by atoms with van der Waals surface area (Å²) in [5, 5.41) is 4.73. The van der Waals surface area contributed by atoms with Gasteiger partial charge in [-0.2, -0.15) is 0 Å². The van der Waals surface area contributed by atoms with Gasteiger partial charge in [0.25, 0.3) is 0 Å². The van der Waals surface area contributed by atoms with Crippen LogP contribution < -0.4 is 9.47 Å². The van der Waals surface area contributed by atoms with Crippen LogP contribution in [0.15, 0.2) is 36.4 Å². The summed E-state index contributed by atoms with van der Waals surface area (Å²) in [6, 6.07) is 13.3. The van der Waals surface area contributed by atoms with Crippen molar-refractivity contribution >= 4 is 21.5 Å². The number of benzene rings is 3. The summed E-state index contributed by atoms with van der Waals surface area (Å²) in [5.74, 6) is 2.05. The fourth-order valence-electron chi connectivity index (χ4n) is 4.26. The van der Waals surface area contributed by atoms with Crippen LogP contribution in [0.25, 0.3) is 21.5 Å². The number of rotatable bonds is 12. The minimum Gasteiger partial charge on any atom is -0.492 e. The zero-order valence-corrected chi connectivity index (χ0v) is 19.4. The van der Waals surface area contributed by atoms with Gasteiger partial charge in [0.15, 0.2) is 0 Å². The average molecular weight is 407 g/mol. The van der Waals surface area contributed by atoms with Crippen molar-refractivity contribution < 1.29 is 9.47 Å². The highest BCUT2D eigenvalue weighted by Crippen LogP contribution is 2.44. The van der Waals surface area contributed by atoms with Crippen molar-refractivity contribution in [2.75, 3.05) is 13.2 Å². The van der Waals surface area contributed by atoms with Crippen molar-refractivity contribution in [1.82, 2.24) is 0 Å². The lowest BCUT2D eigenvalue weighted by molar-refractivity contribution is 0.308. The summed E-state index contributed by atoms with van der Waals surface area (Å²) in [5.41, 5.74) is 2.83. The fourth-order valence-corrected chi connectivity index (χ4v) is 4.26. The number of hydrogen-bond acceptors (Lipinski definition) is 2. The highest BCUT2D eigenvalue weighted by Gasteiger charge is 2.18. The van der Waals surface area contributed by atoms with E-state index >= 15 is 0 Å². The Bertz CT molecular complexity index is 880. The van der Waals surface area contributed by atoms with E-state index in [1.54, 1.807) is 0 Å². The Morgan fingerprint density at radius 3 is 1.37 bits per heavy atom. The zero-order valence-electron chi connectivity index (χ0n) is 19.4. The standard InChI is InChI=1S/C28H38O2/c1-5-9-13-17-29-27-23-15-11-12-16-24(23)28(30-18-14-10-6-2)26-20-22(8-4)21(7-3)19-25(26)27/h11-12,15-16,19-20H,5-10,13-14,17-18H2,1-4H3. The van der Waals surface area contributed by atoms with Crippen LogP contribution in [-0.4, -0.2) is 13.2 Å². The maximum Gasteiger partial charge on any atom is 0.135 e. The second-order valence-corrected chi connectivity index (χ2v) is 8.19. The smallest absolute Gasteiger partial charge is 0.135 e. The number of ether oxygens (including phenoxy) is 2. The summed E-state index contributed by atoms with van der Waals surface area (Å²) < 4.78 is 12.9. The van der Waals surface area contributed by atoms with E-state index in [2.05, 4.69) is 64.1 Å². The van der Waals surface area contributed by atoms with Crippen molar-refractivity contribution in [3.8, 4) is 11.5 Å². The molecule has 30 heavy (non-hydrogen) atoms. The van der Waals surface area contributed by atoms with Gasteiger partial charge >= 0.3 is 0 Å². The van der Waals surface area contributed by atoms with E-state index in [1.165, 1.54) is 58.4 Å². The Kier molecular flexibility index (Phi) is 8.42. The first kappa shape index (κ1) is 22.5. The van der Waals surface area contributed by atoms with Crippen LogP contribution in [0, 0.1) is 0 Å². The molecule has 0 saturated carbocycles. The van der Waals surface area contributed by atoms with Crippen LogP contribution in [0.5, 0.6) is 11.5 Å². The van der Waals surface area contributed by atoms with E-state index in [-0.39, 0.29) is 0 Å². The topological polar surface area (TPSA) is 18.5 Å². The Morgan fingerprint density at radius 2 is 1.00 bits per heavy atom. The first-order valence-corrected chi connectivity index (χ1v) is 12.0. The monoisotopic (exact) mass is 406 g/mol. The molecule has 2 nitrogen and oxygen atoms in total. The van der Waals surface area contributed by atoms with E-state index in [4.69, 9.17) is 9.47 Å². The van der Waals surface area contributed by atoms with E-state index in [1.807, 2.05) is 0 Å². The Morgan fingerprint density at radius 1 is 0.567 bits per heavy atom. The Labute approximate surface area is 182 Å². The first-order chi connectivity index (χ1) is 14.7. The number of fused-ring (bicyclic) bond motifs is 2. The number of unbranched alkanes of at least 4 members (excludes halogenated alkanes) is 4. The minimum absolute atomic E-state index is 0.765. The molecule has 0 unspecified atom stereocenters. The van der Waals surface area contributed by atoms with Gasteiger partial charge in [0, 0.05) is 21.5 Å². The van der Waals surface area contributed by atoms with Crippen molar-refractivity contribution in [1.29, 1.82) is 0 Å². The van der Waals surface area contributed by atoms with Crippen molar-refractivity contribution in [3.63, 3.8) is 0 Å². The highest BCUT2D eigenvalue weighted by molar-refractivity contribution is 6.11. The predicted molar refractivity (Wildman–Crippen MR) is 130 cm³/mol. The van der Waals surface area contributed by atoms with Crippen LogP contribution in [0.4, 0.5) is 0 Å². The Hall–Kier alpha value is -2.22. The van der Waals surface area contributed by atoms with Gasteiger partial charge in [-0.05, 0) is 48.9 Å². The molecular formula is C28H38O2. The molecule has 0 amide bonds. The largest absolute Gasteiger partial charge is 0.492 e. The van der Waals surface area contributed by atoms with Crippen LogP contribution in [0.2, 0.25) is 0 Å². The molecule has 0 spiro atoms. The molecule has 0 heterocycles. The molecule has 0 N–H and O–H groups in total. The molecule has 0 aliphatic heterocycles. The van der Waals surface area contributed by atoms with Crippen molar-refractivity contribution in [2.24, 2.45) is 0 Å². The molecule has 3 rings (SSSR count). The van der Waals surface area contributed by atoms with Gasteiger partial charge < -0.3 is 9.47 Å². The van der Waals surface area contributed by atoms with Gasteiger partial charge in [-0.15, -0.1) is 0 Å². The molecular weight excluding hydrogens is 368 g/mol. The molecule has 0 fully saturated rings. The third-order valence-corrected chi connectivity index (χ3v) is 6.00. The molecule has 0 radical (unpaired) electrons. The molecule has 0 aliphatic carbocycles. The first-order valence-electron chi connectivity index (χ1n) is 12.0. The van der Waals surface area contributed by atoms with Crippen LogP contribution in [0.1, 0.15) is 77.3 Å². The molecule has 162 valence electrons. The third kappa shape index (κ3) is 4.91. The lowest BCUT2D eigenvalue weighted by atomic mass is 9.93. The van der Waals surface area contributed by atoms with Gasteiger partial charge in [-0.3, -0.25) is 0 Å². The van der Waals surface area contributed by atoms with Crippen molar-refractivity contribution in [2.45, 2.75) is 79.1 Å². The van der Waals surface area contributed by atoms with Crippen LogP contribution in [0.3, 0.4) is 0 Å². The molecule has 2 heteroatoms. The lowest BCUT2D eigenvalue weighted by Gasteiger charge is -2.20. The van der Waals surface area contributed by atoms with E-state index in [0.29, 0.717) is 0 Å². The minimum atomic E-state index is 0.765. The molecule has 0 aliphatic rings. The second-order valence-electron chi connectivity index (χ2n) is 8.19. The van der Waals surface area contributed by atoms with E-state index in [0.717, 1.165) is 50.4 Å². The summed E-state index contributed by atoms with van der Waals surface area (Å²) in [6.07, 6.45) is 9.07.